The van der Waals surface area contributed by atoms with Crippen LogP contribution in [0.4, 0.5) is 0 Å². The lowest BCUT2D eigenvalue weighted by Gasteiger charge is -2.10. The number of hydrogen-bond donors (Lipinski definition) is 0. The van der Waals surface area contributed by atoms with E-state index in [0.717, 1.165) is 0 Å². The molecule has 3 rings (SSSR count). The van der Waals surface area contributed by atoms with Gasteiger partial charge in [0, 0.05) is 0 Å². The fraction of sp³-hybridized carbons (Fsp3) is 0.0667. The van der Waals surface area contributed by atoms with Crippen LogP contribution in [0.2, 0.25) is 10.4 Å². The minimum absolute atomic E-state index is 0.0364. The maximum Gasteiger partial charge on any atom is 0.262 e. The Morgan fingerprint density at radius 1 is 1.27 bits per heavy atom. The van der Waals surface area contributed by atoms with Crippen molar-refractivity contribution in [1.29, 1.82) is 5.26 Å². The van der Waals surface area contributed by atoms with Gasteiger partial charge in [0.25, 0.3) is 5.56 Å². The molecule has 0 bridgehead atoms. The Balaban J connectivity index is 2.19. The van der Waals surface area contributed by atoms with Gasteiger partial charge in [-0.1, -0.05) is 29.8 Å². The molecule has 0 aliphatic rings. The molecule has 22 heavy (non-hydrogen) atoms. The van der Waals surface area contributed by atoms with E-state index in [2.05, 4.69) is 16.0 Å². The molecule has 2 heterocycles. The first-order chi connectivity index (χ1) is 10.6. The van der Waals surface area contributed by atoms with Crippen molar-refractivity contribution < 1.29 is 0 Å². The summed E-state index contributed by atoms with van der Waals surface area (Å²) in [4.78, 5) is 20.6. The molecule has 0 fully saturated rings. The highest BCUT2D eigenvalue weighted by molar-refractivity contribution is 6.30. The van der Waals surface area contributed by atoms with E-state index in [0.29, 0.717) is 22.0 Å². The Kier molecular flexibility index (Phi) is 3.80. The van der Waals surface area contributed by atoms with Crippen molar-refractivity contribution in [3.63, 3.8) is 0 Å². The summed E-state index contributed by atoms with van der Waals surface area (Å²) in [6.07, 6.45) is 1.40. The molecule has 0 atom stereocenters. The van der Waals surface area contributed by atoms with Crippen LogP contribution in [0, 0.1) is 11.3 Å². The molecular weight excluding hydrogens is 323 g/mol. The van der Waals surface area contributed by atoms with Gasteiger partial charge in [0.15, 0.2) is 0 Å². The summed E-state index contributed by atoms with van der Waals surface area (Å²) < 4.78 is 1.30. The standard InChI is InChI=1S/C15H8Cl2N4O/c16-13-5-11-12(7-19-13)20-15(17)21(14(11)22)8-10-4-2-1-3-9(10)6-18/h1-5,7H,8H2. The van der Waals surface area contributed by atoms with Gasteiger partial charge in [0.05, 0.1) is 35.3 Å². The average molecular weight is 331 g/mol. The Labute approximate surface area is 135 Å². The second-order valence-corrected chi connectivity index (χ2v) is 5.29. The predicted molar refractivity (Wildman–Crippen MR) is 84.1 cm³/mol. The second kappa shape index (κ2) is 5.76. The number of fused-ring (bicyclic) bond motifs is 1. The van der Waals surface area contributed by atoms with E-state index in [1.54, 1.807) is 24.3 Å². The molecule has 0 aliphatic carbocycles. The maximum atomic E-state index is 12.6. The van der Waals surface area contributed by atoms with Crippen molar-refractivity contribution in [3.8, 4) is 6.07 Å². The lowest BCUT2D eigenvalue weighted by atomic mass is 10.1. The summed E-state index contributed by atoms with van der Waals surface area (Å²) >= 11 is 11.9. The van der Waals surface area contributed by atoms with Crippen LogP contribution in [-0.4, -0.2) is 14.5 Å². The smallest absolute Gasteiger partial charge is 0.262 e. The lowest BCUT2D eigenvalue weighted by Crippen LogP contribution is -2.23. The van der Waals surface area contributed by atoms with Crippen LogP contribution in [0.5, 0.6) is 0 Å². The molecule has 1 aromatic carbocycles. The molecule has 0 saturated heterocycles. The molecule has 2 aromatic heterocycles. The largest absolute Gasteiger partial charge is 0.278 e. The SMILES string of the molecule is N#Cc1ccccc1Cn1c(Cl)nc2cnc(Cl)cc2c1=O. The number of aromatic nitrogens is 3. The van der Waals surface area contributed by atoms with E-state index in [1.807, 2.05) is 0 Å². The van der Waals surface area contributed by atoms with Gasteiger partial charge in [-0.2, -0.15) is 5.26 Å². The summed E-state index contributed by atoms with van der Waals surface area (Å²) in [6, 6.07) is 10.6. The van der Waals surface area contributed by atoms with Gasteiger partial charge in [-0.05, 0) is 29.3 Å². The zero-order chi connectivity index (χ0) is 15.7. The van der Waals surface area contributed by atoms with Crippen LogP contribution < -0.4 is 5.56 Å². The van der Waals surface area contributed by atoms with Gasteiger partial charge in [-0.3, -0.25) is 9.36 Å². The van der Waals surface area contributed by atoms with Crippen molar-refractivity contribution in [2.75, 3.05) is 0 Å². The van der Waals surface area contributed by atoms with Crippen LogP contribution in [0.15, 0.2) is 41.3 Å². The van der Waals surface area contributed by atoms with E-state index in [-0.39, 0.29) is 22.5 Å². The third kappa shape index (κ3) is 2.54. The Morgan fingerprint density at radius 3 is 2.82 bits per heavy atom. The molecule has 0 saturated carbocycles. The first kappa shape index (κ1) is 14.5. The number of rotatable bonds is 2. The molecular formula is C15H8Cl2N4O. The average Bonchev–Trinajstić information content (AvgIpc) is 2.52. The van der Waals surface area contributed by atoms with Crippen molar-refractivity contribution in [2.24, 2.45) is 0 Å². The zero-order valence-electron chi connectivity index (χ0n) is 11.1. The van der Waals surface area contributed by atoms with E-state index in [9.17, 15) is 4.79 Å². The topological polar surface area (TPSA) is 71.6 Å². The normalized spacial score (nSPS) is 10.6. The molecule has 0 amide bonds. The van der Waals surface area contributed by atoms with Gasteiger partial charge in [0.1, 0.15) is 5.15 Å². The monoisotopic (exact) mass is 330 g/mol. The highest BCUT2D eigenvalue weighted by Crippen LogP contribution is 2.16. The summed E-state index contributed by atoms with van der Waals surface area (Å²) in [5.74, 6) is 0. The van der Waals surface area contributed by atoms with Crippen molar-refractivity contribution in [3.05, 3.63) is 68.4 Å². The van der Waals surface area contributed by atoms with Crippen LogP contribution in [0.25, 0.3) is 10.9 Å². The van der Waals surface area contributed by atoms with Crippen molar-refractivity contribution in [2.45, 2.75) is 6.54 Å². The number of halogens is 2. The molecule has 7 heteroatoms. The van der Waals surface area contributed by atoms with E-state index < -0.39 is 0 Å². The van der Waals surface area contributed by atoms with Gasteiger partial charge < -0.3 is 0 Å². The molecule has 0 N–H and O–H groups in total. The predicted octanol–water partition coefficient (Wildman–Crippen LogP) is 3.02. The van der Waals surface area contributed by atoms with Crippen molar-refractivity contribution >= 4 is 34.1 Å². The lowest BCUT2D eigenvalue weighted by molar-refractivity contribution is 0.748. The number of nitriles is 1. The van der Waals surface area contributed by atoms with Crippen LogP contribution in [0.3, 0.4) is 0 Å². The highest BCUT2D eigenvalue weighted by Gasteiger charge is 2.12. The van der Waals surface area contributed by atoms with Crippen LogP contribution in [-0.2, 0) is 6.54 Å². The molecule has 5 nitrogen and oxygen atoms in total. The van der Waals surface area contributed by atoms with Gasteiger partial charge in [-0.25, -0.2) is 9.97 Å². The zero-order valence-corrected chi connectivity index (χ0v) is 12.6. The molecule has 0 radical (unpaired) electrons. The number of nitrogens with zero attached hydrogens (tertiary/aromatic N) is 4. The number of benzene rings is 1. The molecule has 3 aromatic rings. The highest BCUT2D eigenvalue weighted by atomic mass is 35.5. The van der Waals surface area contributed by atoms with E-state index >= 15 is 0 Å². The Hall–Kier alpha value is -2.42. The van der Waals surface area contributed by atoms with Gasteiger partial charge in [-0.15, -0.1) is 0 Å². The molecule has 0 spiro atoms. The van der Waals surface area contributed by atoms with Crippen molar-refractivity contribution in [1.82, 2.24) is 14.5 Å². The second-order valence-electron chi connectivity index (χ2n) is 4.57. The van der Waals surface area contributed by atoms with Crippen LogP contribution in [0.1, 0.15) is 11.1 Å². The minimum Gasteiger partial charge on any atom is -0.278 e. The maximum absolute atomic E-state index is 12.6. The summed E-state index contributed by atoms with van der Waals surface area (Å²) in [5.41, 5.74) is 1.23. The fourth-order valence-electron chi connectivity index (χ4n) is 2.15. The third-order valence-electron chi connectivity index (χ3n) is 3.23. The molecule has 0 unspecified atom stereocenters. The molecule has 108 valence electrons. The van der Waals surface area contributed by atoms with E-state index in [4.69, 9.17) is 28.5 Å². The van der Waals surface area contributed by atoms with Gasteiger partial charge in [0.2, 0.25) is 5.28 Å². The van der Waals surface area contributed by atoms with Gasteiger partial charge >= 0.3 is 0 Å². The summed E-state index contributed by atoms with van der Waals surface area (Å²) in [5, 5.41) is 9.71. The first-order valence-corrected chi connectivity index (χ1v) is 7.05. The third-order valence-corrected chi connectivity index (χ3v) is 3.72. The fourth-order valence-corrected chi connectivity index (χ4v) is 2.53. The summed E-state index contributed by atoms with van der Waals surface area (Å²) in [6.45, 7) is 0.157. The number of pyridine rings is 1. The number of hydrogen-bond acceptors (Lipinski definition) is 4. The Bertz CT molecular complexity index is 975. The first-order valence-electron chi connectivity index (χ1n) is 6.30. The van der Waals surface area contributed by atoms with E-state index in [1.165, 1.54) is 16.8 Å². The Morgan fingerprint density at radius 2 is 2.05 bits per heavy atom. The minimum atomic E-state index is -0.327. The molecule has 0 aliphatic heterocycles. The van der Waals surface area contributed by atoms with Crippen LogP contribution >= 0.6 is 23.2 Å². The summed E-state index contributed by atoms with van der Waals surface area (Å²) in [7, 11) is 0. The quantitative estimate of drug-likeness (QED) is 0.534.